The molecule has 1 atom stereocenters. The predicted molar refractivity (Wildman–Crippen MR) is 114 cm³/mol. The molecule has 4 rings (SSSR count). The van der Waals surface area contributed by atoms with Gasteiger partial charge in [-0.2, -0.15) is 0 Å². The Bertz CT molecular complexity index is 865. The van der Waals surface area contributed by atoms with Crippen molar-refractivity contribution >= 4 is 11.8 Å². The van der Waals surface area contributed by atoms with Crippen LogP contribution in [0.3, 0.4) is 0 Å². The number of hydrogen-bond donors (Lipinski definition) is 0. The monoisotopic (exact) mass is 406 g/mol. The third kappa shape index (κ3) is 4.23. The molecule has 2 aliphatic rings. The largest absolute Gasteiger partial charge is 0.338 e. The third-order valence-electron chi connectivity index (χ3n) is 6.83. The van der Waals surface area contributed by atoms with Crippen molar-refractivity contribution in [1.82, 2.24) is 19.8 Å². The summed E-state index contributed by atoms with van der Waals surface area (Å²) in [4.78, 5) is 38.4. The lowest BCUT2D eigenvalue weighted by Gasteiger charge is -2.42. The van der Waals surface area contributed by atoms with Crippen LogP contribution < -0.4 is 0 Å². The van der Waals surface area contributed by atoms with E-state index in [9.17, 15) is 9.59 Å². The van der Waals surface area contributed by atoms with Gasteiger partial charge in [-0.25, -0.2) is 4.98 Å². The first kappa shape index (κ1) is 20.5. The minimum atomic E-state index is -0.354. The fourth-order valence-electron chi connectivity index (χ4n) is 4.99. The van der Waals surface area contributed by atoms with Gasteiger partial charge in [0.15, 0.2) is 0 Å². The molecule has 3 heterocycles. The van der Waals surface area contributed by atoms with E-state index < -0.39 is 0 Å². The maximum Gasteiger partial charge on any atom is 0.274 e. The Morgan fingerprint density at radius 3 is 2.57 bits per heavy atom. The molecule has 2 aliphatic heterocycles. The third-order valence-corrected chi connectivity index (χ3v) is 6.83. The lowest BCUT2D eigenvalue weighted by molar-refractivity contribution is -0.145. The maximum atomic E-state index is 13.6. The van der Waals surface area contributed by atoms with Gasteiger partial charge in [-0.15, -0.1) is 0 Å². The Morgan fingerprint density at radius 2 is 1.87 bits per heavy atom. The summed E-state index contributed by atoms with van der Waals surface area (Å²) in [5, 5.41) is 0. The standard InChI is InChI=1S/C24H30N4O2/c1-24(11-5-6-14-28(23(24)30)18-19-7-3-2-4-8-19)20-9-15-27(16-10-20)22(29)21-17-25-12-13-26-21/h2-4,7-8,12-13,17,20H,5-6,9-11,14-16,18H2,1H3. The molecule has 2 saturated heterocycles. The molecule has 0 saturated carbocycles. The zero-order valence-corrected chi connectivity index (χ0v) is 17.7. The number of aromatic nitrogens is 2. The summed E-state index contributed by atoms with van der Waals surface area (Å²) in [6.45, 7) is 5.00. The predicted octanol–water partition coefficient (Wildman–Crippen LogP) is 3.55. The van der Waals surface area contributed by atoms with Crippen molar-refractivity contribution in [3.05, 3.63) is 60.2 Å². The van der Waals surface area contributed by atoms with Crippen molar-refractivity contribution in [3.8, 4) is 0 Å². The molecule has 1 aromatic carbocycles. The number of carbonyl (C=O) groups is 2. The van der Waals surface area contributed by atoms with E-state index in [2.05, 4.69) is 33.9 Å². The van der Waals surface area contributed by atoms with Gasteiger partial charge < -0.3 is 9.80 Å². The van der Waals surface area contributed by atoms with Gasteiger partial charge in [-0.05, 0) is 37.2 Å². The minimum absolute atomic E-state index is 0.0652. The SMILES string of the molecule is CC1(C2CCN(C(=O)c3cnccn3)CC2)CCCCN(Cc2ccccc2)C1=O. The molecule has 6 heteroatoms. The topological polar surface area (TPSA) is 66.4 Å². The van der Waals surface area contributed by atoms with Crippen LogP contribution in [0.5, 0.6) is 0 Å². The van der Waals surface area contributed by atoms with Gasteiger partial charge in [0.25, 0.3) is 5.91 Å². The average Bonchev–Trinajstić information content (AvgIpc) is 2.94. The Morgan fingerprint density at radius 1 is 1.10 bits per heavy atom. The zero-order chi connectivity index (χ0) is 21.0. The molecular formula is C24H30N4O2. The molecule has 0 N–H and O–H groups in total. The number of benzene rings is 1. The smallest absolute Gasteiger partial charge is 0.274 e. The number of hydrogen-bond acceptors (Lipinski definition) is 4. The van der Waals surface area contributed by atoms with Crippen LogP contribution in [-0.4, -0.2) is 51.2 Å². The minimum Gasteiger partial charge on any atom is -0.338 e. The van der Waals surface area contributed by atoms with Gasteiger partial charge in [0.05, 0.1) is 6.20 Å². The molecule has 2 fully saturated rings. The van der Waals surface area contributed by atoms with Crippen molar-refractivity contribution < 1.29 is 9.59 Å². The van der Waals surface area contributed by atoms with Crippen LogP contribution in [0.4, 0.5) is 0 Å². The van der Waals surface area contributed by atoms with Crippen molar-refractivity contribution in [1.29, 1.82) is 0 Å². The molecule has 0 aliphatic carbocycles. The summed E-state index contributed by atoms with van der Waals surface area (Å²) >= 11 is 0. The molecule has 2 aromatic rings. The van der Waals surface area contributed by atoms with Gasteiger partial charge in [-0.3, -0.25) is 14.6 Å². The molecule has 1 unspecified atom stereocenters. The van der Waals surface area contributed by atoms with E-state index in [-0.39, 0.29) is 17.2 Å². The summed E-state index contributed by atoms with van der Waals surface area (Å²) in [5.41, 5.74) is 1.22. The molecule has 0 spiro atoms. The van der Waals surface area contributed by atoms with E-state index in [0.29, 0.717) is 31.2 Å². The lowest BCUT2D eigenvalue weighted by atomic mass is 9.69. The second kappa shape index (κ2) is 8.94. The highest BCUT2D eigenvalue weighted by molar-refractivity contribution is 5.92. The number of rotatable bonds is 4. The fourth-order valence-corrected chi connectivity index (χ4v) is 4.99. The maximum absolute atomic E-state index is 13.6. The number of piperidine rings is 1. The van der Waals surface area contributed by atoms with Crippen LogP contribution in [0.2, 0.25) is 0 Å². The molecule has 0 radical (unpaired) electrons. The highest BCUT2D eigenvalue weighted by Gasteiger charge is 2.45. The molecule has 1 aromatic heterocycles. The van der Waals surface area contributed by atoms with Crippen LogP contribution in [-0.2, 0) is 11.3 Å². The first-order chi connectivity index (χ1) is 14.6. The van der Waals surface area contributed by atoms with E-state index in [1.54, 1.807) is 12.4 Å². The Hall–Kier alpha value is -2.76. The highest BCUT2D eigenvalue weighted by atomic mass is 16.2. The van der Waals surface area contributed by atoms with Crippen LogP contribution in [0, 0.1) is 11.3 Å². The second-order valence-corrected chi connectivity index (χ2v) is 8.74. The van der Waals surface area contributed by atoms with E-state index in [1.165, 1.54) is 11.8 Å². The van der Waals surface area contributed by atoms with Gasteiger partial charge in [0, 0.05) is 44.0 Å². The van der Waals surface area contributed by atoms with Crippen molar-refractivity contribution in [2.24, 2.45) is 11.3 Å². The summed E-state index contributed by atoms with van der Waals surface area (Å²) in [7, 11) is 0. The van der Waals surface area contributed by atoms with E-state index in [0.717, 1.165) is 38.6 Å². The first-order valence-electron chi connectivity index (χ1n) is 11.0. The van der Waals surface area contributed by atoms with Crippen LogP contribution in [0.15, 0.2) is 48.9 Å². The normalized spacial score (nSPS) is 23.3. The van der Waals surface area contributed by atoms with Gasteiger partial charge in [0.2, 0.25) is 5.91 Å². The number of carbonyl (C=O) groups excluding carboxylic acids is 2. The molecule has 158 valence electrons. The van der Waals surface area contributed by atoms with Gasteiger partial charge in [0.1, 0.15) is 5.69 Å². The summed E-state index contributed by atoms with van der Waals surface area (Å²) in [6.07, 6.45) is 9.41. The summed E-state index contributed by atoms with van der Waals surface area (Å²) < 4.78 is 0. The highest BCUT2D eigenvalue weighted by Crippen LogP contribution is 2.43. The lowest BCUT2D eigenvalue weighted by Crippen LogP contribution is -2.49. The van der Waals surface area contributed by atoms with Gasteiger partial charge in [-0.1, -0.05) is 43.7 Å². The summed E-state index contributed by atoms with van der Waals surface area (Å²) in [6, 6.07) is 10.2. The number of likely N-dealkylation sites (tertiary alicyclic amines) is 2. The van der Waals surface area contributed by atoms with E-state index in [4.69, 9.17) is 0 Å². The molecular weight excluding hydrogens is 376 g/mol. The van der Waals surface area contributed by atoms with E-state index in [1.807, 2.05) is 23.1 Å². The van der Waals surface area contributed by atoms with Crippen LogP contribution in [0.25, 0.3) is 0 Å². The van der Waals surface area contributed by atoms with Gasteiger partial charge >= 0.3 is 0 Å². The van der Waals surface area contributed by atoms with Crippen LogP contribution >= 0.6 is 0 Å². The van der Waals surface area contributed by atoms with E-state index >= 15 is 0 Å². The molecule has 0 bridgehead atoms. The van der Waals surface area contributed by atoms with Crippen molar-refractivity contribution in [3.63, 3.8) is 0 Å². The fraction of sp³-hybridized carbons (Fsp3) is 0.500. The second-order valence-electron chi connectivity index (χ2n) is 8.74. The van der Waals surface area contributed by atoms with Crippen LogP contribution in [0.1, 0.15) is 55.1 Å². The molecule has 6 nitrogen and oxygen atoms in total. The van der Waals surface area contributed by atoms with Crippen molar-refractivity contribution in [2.75, 3.05) is 19.6 Å². The quantitative estimate of drug-likeness (QED) is 0.779. The Labute approximate surface area is 178 Å². The zero-order valence-electron chi connectivity index (χ0n) is 17.7. The Balaban J connectivity index is 1.43. The number of amides is 2. The first-order valence-corrected chi connectivity index (χ1v) is 11.0. The Kier molecular flexibility index (Phi) is 6.11. The molecule has 30 heavy (non-hydrogen) atoms. The summed E-state index contributed by atoms with van der Waals surface area (Å²) in [5.74, 6) is 0.513. The number of nitrogens with zero attached hydrogens (tertiary/aromatic N) is 4. The molecule has 2 amide bonds. The van der Waals surface area contributed by atoms with Crippen molar-refractivity contribution in [2.45, 2.75) is 45.6 Å². The average molecular weight is 407 g/mol.